The number of hydrogen-bond acceptors (Lipinski definition) is 15. The van der Waals surface area contributed by atoms with Gasteiger partial charge in [-0.1, -0.05) is 67.8 Å². The molecule has 0 aliphatic carbocycles. The number of phenols is 1. The average Bonchev–Trinajstić information content (AvgIpc) is 2.17. The number of aromatic nitrogens is 4. The Labute approximate surface area is 499 Å². The predicted molar refractivity (Wildman–Crippen MR) is 326 cm³/mol. The molecular weight excluding hydrogens is 1120 g/mol. The molecular formula is C63H75ClF4N12O5. The minimum Gasteiger partial charge on any atom is -0.508 e. The lowest BCUT2D eigenvalue weighted by molar-refractivity contribution is -0.127. The van der Waals surface area contributed by atoms with Gasteiger partial charge < -0.3 is 44.0 Å². The van der Waals surface area contributed by atoms with Gasteiger partial charge in [-0.3, -0.25) is 19.4 Å². The number of carbonyl (C=O) groups is 2. The molecule has 6 aliphatic heterocycles. The van der Waals surface area contributed by atoms with Crippen LogP contribution in [-0.2, 0) is 35.5 Å². The highest BCUT2D eigenvalue weighted by Gasteiger charge is 2.35. The number of rotatable bonds is 16. The van der Waals surface area contributed by atoms with Gasteiger partial charge in [0.15, 0.2) is 0 Å². The third-order valence-electron chi connectivity index (χ3n) is 16.9. The van der Waals surface area contributed by atoms with Crippen LogP contribution in [0.25, 0.3) is 21.5 Å². The molecule has 6 aromatic rings. The highest BCUT2D eigenvalue weighted by Crippen LogP contribution is 2.38. The molecule has 6 aliphatic rings. The minimum absolute atomic E-state index is 0. The molecule has 0 bridgehead atoms. The molecule has 0 radical (unpaired) electrons. The van der Waals surface area contributed by atoms with Crippen molar-refractivity contribution in [3.8, 4) is 17.8 Å². The van der Waals surface area contributed by atoms with Gasteiger partial charge in [0.25, 0.3) is 0 Å². The molecule has 4 atom stereocenters. The number of aryl methyl sites for hydroxylation is 1. The van der Waals surface area contributed by atoms with Crippen molar-refractivity contribution in [2.45, 2.75) is 70.4 Å². The summed E-state index contributed by atoms with van der Waals surface area (Å²) in [5, 5.41) is 14.9. The lowest BCUT2D eigenvalue weighted by Crippen LogP contribution is -2.49. The topological polar surface area (TPSA) is 150 Å². The van der Waals surface area contributed by atoms with Crippen LogP contribution in [0, 0.1) is 6.92 Å². The standard InChI is InChI=1S/C32H38F2N6O2.C31H36F2N6O3.ClH/c1-3-30(41)38-12-14-39(15-13-38)31-25-9-11-40(29-18-22(2)17-23-7-4-5-8-24(23)29)21-28(25)35-32(36-31)42-16-6-10-37-19-26(33)27(34)20-37;1-2-29(41)37-11-13-38(14-12-37)30-24-8-10-39(28-17-22(40)16-21-6-3-4-7-23(21)28)20-27(24)34-31(35-30)42-15-5-9-36-18-25(32)26(33)19-36;/h3-5,7-8,17-18,26-27H,1,6,9-16,19-21H2,2H3;2-4,6-7,16-17,25-26,40H,1,5,8-15,18-20H2;1H/t26-,27+;25-,26+;. The maximum absolute atomic E-state index is 13.6. The number of halogens is 5. The Morgan fingerprint density at radius 2 is 0.976 bits per heavy atom. The average molecular weight is 1190 g/mol. The highest BCUT2D eigenvalue weighted by atomic mass is 35.5. The van der Waals surface area contributed by atoms with E-state index in [0.717, 1.165) is 70.1 Å². The van der Waals surface area contributed by atoms with E-state index < -0.39 is 24.7 Å². The highest BCUT2D eigenvalue weighted by molar-refractivity contribution is 5.96. The van der Waals surface area contributed by atoms with E-state index in [4.69, 9.17) is 29.4 Å². The second kappa shape index (κ2) is 27.3. The second-order valence-corrected chi connectivity index (χ2v) is 22.6. The molecule has 4 saturated heterocycles. The number of piperazine rings is 2. The number of ether oxygens (including phenoxy) is 2. The number of likely N-dealkylation sites (tertiary alicyclic amines) is 2. The summed E-state index contributed by atoms with van der Waals surface area (Å²) in [5.41, 5.74) is 7.34. The van der Waals surface area contributed by atoms with Crippen LogP contribution in [0.5, 0.6) is 17.8 Å². The number of amides is 2. The molecule has 452 valence electrons. The molecule has 22 heteroatoms. The molecule has 0 unspecified atom stereocenters. The first kappa shape index (κ1) is 60.6. The number of carbonyl (C=O) groups excluding carboxylic acids is 2. The van der Waals surface area contributed by atoms with Crippen molar-refractivity contribution in [2.24, 2.45) is 0 Å². The van der Waals surface area contributed by atoms with Gasteiger partial charge in [0.05, 0.1) is 37.7 Å². The van der Waals surface area contributed by atoms with Crippen molar-refractivity contribution >= 4 is 68.8 Å². The Morgan fingerprint density at radius 1 is 0.565 bits per heavy atom. The first-order valence-corrected chi connectivity index (χ1v) is 29.4. The lowest BCUT2D eigenvalue weighted by Gasteiger charge is -2.38. The first-order valence-electron chi connectivity index (χ1n) is 29.4. The van der Waals surface area contributed by atoms with Crippen LogP contribution in [0.2, 0.25) is 0 Å². The summed E-state index contributed by atoms with van der Waals surface area (Å²) in [6, 6.07) is 25.1. The van der Waals surface area contributed by atoms with Gasteiger partial charge in [0, 0.05) is 144 Å². The lowest BCUT2D eigenvalue weighted by atomic mass is 10.0. The van der Waals surface area contributed by atoms with Crippen molar-refractivity contribution < 1.29 is 41.7 Å². The fourth-order valence-corrected chi connectivity index (χ4v) is 12.5. The van der Waals surface area contributed by atoms with Crippen LogP contribution in [0.1, 0.15) is 40.9 Å². The molecule has 8 heterocycles. The van der Waals surface area contributed by atoms with Crippen LogP contribution < -0.4 is 29.1 Å². The summed E-state index contributed by atoms with van der Waals surface area (Å²) in [4.78, 5) is 59.9. The van der Waals surface area contributed by atoms with E-state index in [1.165, 1.54) is 34.2 Å². The summed E-state index contributed by atoms with van der Waals surface area (Å²) < 4.78 is 66.3. The minimum atomic E-state index is -1.42. The Bertz CT molecular complexity index is 3130. The third kappa shape index (κ3) is 13.9. The van der Waals surface area contributed by atoms with Crippen LogP contribution in [0.3, 0.4) is 0 Å². The van der Waals surface area contributed by atoms with Crippen molar-refractivity contribution in [1.82, 2.24) is 39.5 Å². The monoisotopic (exact) mass is 1190 g/mol. The van der Waals surface area contributed by atoms with Crippen molar-refractivity contribution in [1.29, 1.82) is 0 Å². The van der Waals surface area contributed by atoms with Crippen LogP contribution in [-0.4, -0.2) is 199 Å². The van der Waals surface area contributed by atoms with Gasteiger partial charge in [-0.2, -0.15) is 19.9 Å². The van der Waals surface area contributed by atoms with E-state index >= 15 is 0 Å². The summed E-state index contributed by atoms with van der Waals surface area (Å²) >= 11 is 0. The number of aromatic hydroxyl groups is 1. The van der Waals surface area contributed by atoms with E-state index in [1.54, 1.807) is 31.7 Å². The molecule has 85 heavy (non-hydrogen) atoms. The number of anilines is 4. The van der Waals surface area contributed by atoms with E-state index in [-0.39, 0.29) is 62.2 Å². The van der Waals surface area contributed by atoms with Gasteiger partial charge in [-0.05, 0) is 73.2 Å². The molecule has 2 amide bonds. The molecule has 1 N–H and O–H groups in total. The number of hydrogen-bond donors (Lipinski definition) is 1. The summed E-state index contributed by atoms with van der Waals surface area (Å²) in [6.45, 7) is 19.3. The smallest absolute Gasteiger partial charge is 0.318 e. The van der Waals surface area contributed by atoms with Gasteiger partial charge in [-0.15, -0.1) is 12.4 Å². The SMILES string of the molecule is C=CC(=O)N1CCN(c2nc(OCCCN3C[C@@H](F)[C@@H](F)C3)nc3c2CCN(c2cc(C)cc4ccccc24)C3)CC1.C=CC(=O)N1CCN(c2nc(OCCCN3C[C@@H](F)[C@@H](F)C3)nc3c2CCN(c2cc(O)cc4ccccc24)C3)CC1.Cl. The molecule has 12 rings (SSSR count). The van der Waals surface area contributed by atoms with E-state index in [1.807, 2.05) is 18.2 Å². The number of fused-ring (bicyclic) bond motifs is 4. The second-order valence-electron chi connectivity index (χ2n) is 22.6. The zero-order valence-corrected chi connectivity index (χ0v) is 49.0. The normalized spacial score (nSPS) is 20.8. The maximum Gasteiger partial charge on any atom is 0.318 e. The Hall–Kier alpha value is -7.49. The van der Waals surface area contributed by atoms with E-state index in [2.05, 4.69) is 82.1 Å². The predicted octanol–water partition coefficient (Wildman–Crippen LogP) is 8.01. The first-order chi connectivity index (χ1) is 40.8. The van der Waals surface area contributed by atoms with Gasteiger partial charge >= 0.3 is 12.0 Å². The van der Waals surface area contributed by atoms with Crippen LogP contribution >= 0.6 is 12.4 Å². The fourth-order valence-electron chi connectivity index (χ4n) is 12.5. The Kier molecular flexibility index (Phi) is 19.4. The zero-order chi connectivity index (χ0) is 58.4. The van der Waals surface area contributed by atoms with Crippen LogP contribution in [0.4, 0.5) is 40.6 Å². The molecule has 17 nitrogen and oxygen atoms in total. The van der Waals surface area contributed by atoms with E-state index in [0.29, 0.717) is 117 Å². The molecule has 0 spiro atoms. The van der Waals surface area contributed by atoms with Gasteiger partial charge in [0.1, 0.15) is 42.1 Å². The molecule has 2 aromatic heterocycles. The van der Waals surface area contributed by atoms with Crippen molar-refractivity contribution in [3.05, 3.63) is 126 Å². The quantitative estimate of drug-likeness (QED) is 0.0566. The van der Waals surface area contributed by atoms with E-state index in [9.17, 15) is 32.3 Å². The van der Waals surface area contributed by atoms with Crippen molar-refractivity contribution in [2.75, 3.05) is 138 Å². The van der Waals surface area contributed by atoms with Crippen LogP contribution in [0.15, 0.2) is 98.1 Å². The molecule has 4 fully saturated rings. The summed E-state index contributed by atoms with van der Waals surface area (Å²) in [5.74, 6) is 1.77. The number of nitrogens with zero attached hydrogens (tertiary/aromatic N) is 12. The number of benzene rings is 4. The van der Waals surface area contributed by atoms with Gasteiger partial charge in [-0.25, -0.2) is 17.6 Å². The zero-order valence-electron chi connectivity index (χ0n) is 48.1. The van der Waals surface area contributed by atoms with Gasteiger partial charge in [0.2, 0.25) is 11.8 Å². The number of phenolic OH excluding ortho intramolecular Hbond substituents is 1. The largest absolute Gasteiger partial charge is 0.508 e. The molecule has 0 saturated carbocycles. The Morgan fingerprint density at radius 3 is 1.41 bits per heavy atom. The number of alkyl halides is 4. The Balaban J connectivity index is 0.000000187. The third-order valence-corrected chi connectivity index (χ3v) is 16.9. The van der Waals surface area contributed by atoms with Crippen molar-refractivity contribution in [3.63, 3.8) is 0 Å². The summed E-state index contributed by atoms with van der Waals surface area (Å²) in [7, 11) is 0. The fraction of sp³-hybridized carbons (Fsp3) is 0.460. The maximum atomic E-state index is 13.6. The summed E-state index contributed by atoms with van der Waals surface area (Å²) in [6.07, 6.45) is -0.233. The molecule has 4 aromatic carbocycles.